The van der Waals surface area contributed by atoms with E-state index in [0.29, 0.717) is 11.8 Å². The molecule has 0 heterocycles. The van der Waals surface area contributed by atoms with E-state index >= 15 is 0 Å². The average Bonchev–Trinajstić information content (AvgIpc) is 1.41. The van der Waals surface area contributed by atoms with Gasteiger partial charge in [-0.3, -0.25) is 0 Å². The fourth-order valence-electron chi connectivity index (χ4n) is 0.0204. The minimum Gasteiger partial charge on any atom is -0.184 e. The molecule has 0 aromatic heterocycles. The molecule has 0 unspecified atom stereocenters. The molecular formula is C2CaN2S. The maximum atomic E-state index is 7.56. The van der Waals surface area contributed by atoms with Crippen LogP contribution < -0.4 is 0 Å². The monoisotopic (exact) mass is 124 g/mol. The molecule has 0 spiro atoms. The van der Waals surface area contributed by atoms with Crippen LogP contribution in [0.25, 0.3) is 0 Å². The summed E-state index contributed by atoms with van der Waals surface area (Å²) in [6.07, 6.45) is 0. The number of rotatable bonds is 0. The van der Waals surface area contributed by atoms with E-state index in [1.807, 2.05) is 0 Å². The van der Waals surface area contributed by atoms with Crippen molar-refractivity contribution < 1.29 is 0 Å². The molecule has 0 saturated carbocycles. The first-order valence-electron chi connectivity index (χ1n) is 0.855. The third kappa shape index (κ3) is 8.82. The van der Waals surface area contributed by atoms with Crippen molar-refractivity contribution in [2.24, 2.45) is 0 Å². The Hall–Kier alpha value is 0.590. The van der Waals surface area contributed by atoms with Gasteiger partial charge in [0.2, 0.25) is 0 Å². The van der Waals surface area contributed by atoms with Gasteiger partial charge in [-0.1, -0.05) is 0 Å². The second-order valence-corrected chi connectivity index (χ2v) is 0.854. The van der Waals surface area contributed by atoms with Gasteiger partial charge in [-0.05, 0) is 0 Å². The predicted molar refractivity (Wildman–Crippen MR) is 24.6 cm³/mol. The summed E-state index contributed by atoms with van der Waals surface area (Å²) in [5.41, 5.74) is 0. The summed E-state index contributed by atoms with van der Waals surface area (Å²) in [4.78, 5) is 0. The third-order valence-corrected chi connectivity index (χ3v) is 0.274. The molecular weight excluding hydrogens is 124 g/mol. The quantitative estimate of drug-likeness (QED) is 0.344. The smallest absolute Gasteiger partial charge is 0.149 e. The van der Waals surface area contributed by atoms with Gasteiger partial charge in [0.25, 0.3) is 0 Å². The van der Waals surface area contributed by atoms with Crippen molar-refractivity contribution in [3.8, 4) is 10.8 Å². The summed E-state index contributed by atoms with van der Waals surface area (Å²) in [6, 6.07) is 0. The number of hydrogen-bond acceptors (Lipinski definition) is 3. The van der Waals surface area contributed by atoms with Crippen LogP contribution in [0.4, 0.5) is 0 Å². The second-order valence-electron chi connectivity index (χ2n) is 0.285. The topological polar surface area (TPSA) is 47.6 Å². The molecule has 0 N–H and O–H groups in total. The molecule has 0 saturated heterocycles. The van der Waals surface area contributed by atoms with Crippen LogP contribution in [0, 0.1) is 21.3 Å². The van der Waals surface area contributed by atoms with Gasteiger partial charge in [0, 0.05) is 37.7 Å². The van der Waals surface area contributed by atoms with Crippen LogP contribution in [-0.2, 0) is 0 Å². The Morgan fingerprint density at radius 1 is 1.17 bits per heavy atom. The zero-order valence-electron chi connectivity index (χ0n) is 3.01. The van der Waals surface area contributed by atoms with E-state index in [4.69, 9.17) is 10.5 Å². The number of thioether (sulfide) groups is 1. The SMILES string of the molecule is N#CSC#N.[Ca]. The Balaban J connectivity index is 0. The van der Waals surface area contributed by atoms with Crippen molar-refractivity contribution >= 4 is 49.5 Å². The van der Waals surface area contributed by atoms with E-state index in [0.717, 1.165) is 0 Å². The van der Waals surface area contributed by atoms with E-state index in [-0.39, 0.29) is 37.7 Å². The predicted octanol–water partition coefficient (Wildman–Crippen LogP) is 0.301. The van der Waals surface area contributed by atoms with Crippen LogP contribution in [0.5, 0.6) is 0 Å². The minimum atomic E-state index is 0. The summed E-state index contributed by atoms with van der Waals surface area (Å²) in [7, 11) is 0. The summed E-state index contributed by atoms with van der Waals surface area (Å²) in [5, 5.41) is 18.3. The molecule has 0 aliphatic carbocycles. The number of hydrogen-bond donors (Lipinski definition) is 0. The molecule has 0 amide bonds. The zero-order chi connectivity index (χ0) is 4.12. The first kappa shape index (κ1) is 9.77. The molecule has 2 nitrogen and oxygen atoms in total. The van der Waals surface area contributed by atoms with E-state index in [1.165, 1.54) is 0 Å². The Morgan fingerprint density at radius 3 is 1.50 bits per heavy atom. The molecule has 0 bridgehead atoms. The van der Waals surface area contributed by atoms with Crippen LogP contribution in [0.3, 0.4) is 0 Å². The van der Waals surface area contributed by atoms with Gasteiger partial charge < -0.3 is 0 Å². The van der Waals surface area contributed by atoms with E-state index in [2.05, 4.69) is 0 Å². The molecule has 26 valence electrons. The van der Waals surface area contributed by atoms with Crippen molar-refractivity contribution in [2.75, 3.05) is 0 Å². The van der Waals surface area contributed by atoms with Crippen LogP contribution >= 0.6 is 11.8 Å². The molecule has 0 atom stereocenters. The molecule has 0 aliphatic rings. The van der Waals surface area contributed by atoms with Crippen molar-refractivity contribution in [3.05, 3.63) is 0 Å². The summed E-state index contributed by atoms with van der Waals surface area (Å²) in [6.45, 7) is 0. The van der Waals surface area contributed by atoms with Crippen LogP contribution in [0.15, 0.2) is 0 Å². The van der Waals surface area contributed by atoms with E-state index in [9.17, 15) is 0 Å². The second kappa shape index (κ2) is 9.14. The molecule has 4 heteroatoms. The molecule has 0 rings (SSSR count). The van der Waals surface area contributed by atoms with Gasteiger partial charge in [0.05, 0.1) is 11.8 Å². The first-order valence-corrected chi connectivity index (χ1v) is 1.67. The van der Waals surface area contributed by atoms with Crippen molar-refractivity contribution in [2.45, 2.75) is 0 Å². The molecule has 6 heavy (non-hydrogen) atoms. The van der Waals surface area contributed by atoms with Gasteiger partial charge in [-0.2, -0.15) is 10.5 Å². The number of nitrogens with zero attached hydrogens (tertiary/aromatic N) is 2. The first-order chi connectivity index (χ1) is 2.41. The normalized spacial score (nSPS) is 3.67. The molecule has 0 aliphatic heterocycles. The van der Waals surface area contributed by atoms with Gasteiger partial charge in [-0.25, -0.2) is 0 Å². The van der Waals surface area contributed by atoms with Crippen molar-refractivity contribution in [3.63, 3.8) is 0 Å². The Morgan fingerprint density at radius 2 is 1.50 bits per heavy atom. The molecule has 2 radical (unpaired) electrons. The summed E-state index contributed by atoms with van der Waals surface area (Å²) in [5.74, 6) is 0. The van der Waals surface area contributed by atoms with Gasteiger partial charge in [-0.15, -0.1) is 0 Å². The zero-order valence-corrected chi connectivity index (χ0v) is 6.03. The maximum Gasteiger partial charge on any atom is 0.149 e. The molecule has 0 aromatic rings. The Bertz CT molecular complexity index is 76.7. The number of thiocyanates is 2. The minimum absolute atomic E-state index is 0. The van der Waals surface area contributed by atoms with Gasteiger partial charge in [0.1, 0.15) is 10.8 Å². The van der Waals surface area contributed by atoms with Gasteiger partial charge >= 0.3 is 0 Å². The Kier molecular flexibility index (Phi) is 14.9. The van der Waals surface area contributed by atoms with Crippen LogP contribution in [-0.4, -0.2) is 37.7 Å². The summed E-state index contributed by atoms with van der Waals surface area (Å²) < 4.78 is 0. The van der Waals surface area contributed by atoms with Crippen molar-refractivity contribution in [1.29, 1.82) is 10.5 Å². The maximum absolute atomic E-state index is 7.56. The van der Waals surface area contributed by atoms with E-state index < -0.39 is 0 Å². The standard InChI is InChI=1S/C2N2S.Ca/c3-1-5-2-4;. The van der Waals surface area contributed by atoms with E-state index in [1.54, 1.807) is 10.8 Å². The van der Waals surface area contributed by atoms with Crippen LogP contribution in [0.2, 0.25) is 0 Å². The Labute approximate surface area is 70.1 Å². The fraction of sp³-hybridized carbons (Fsp3) is 0. The van der Waals surface area contributed by atoms with Crippen molar-refractivity contribution in [1.82, 2.24) is 0 Å². The number of nitriles is 2. The molecule has 0 aromatic carbocycles. The van der Waals surface area contributed by atoms with Crippen LogP contribution in [0.1, 0.15) is 0 Å². The average molecular weight is 124 g/mol. The van der Waals surface area contributed by atoms with Gasteiger partial charge in [0.15, 0.2) is 0 Å². The third-order valence-electron chi connectivity index (χ3n) is 0.0913. The summed E-state index contributed by atoms with van der Waals surface area (Å²) >= 11 is 0.574. The fourth-order valence-corrected chi connectivity index (χ4v) is 0.0612. The molecule has 0 fully saturated rings. The largest absolute Gasteiger partial charge is 0.184 e.